The summed E-state index contributed by atoms with van der Waals surface area (Å²) in [4.78, 5) is 12.3. The van der Waals surface area contributed by atoms with Crippen molar-refractivity contribution in [2.24, 2.45) is 0 Å². The fourth-order valence-electron chi connectivity index (χ4n) is 3.40. The first-order valence-electron chi connectivity index (χ1n) is 10.4. The third-order valence-corrected chi connectivity index (χ3v) is 5.98. The molecule has 1 saturated heterocycles. The molecule has 1 aromatic heterocycles. The molecule has 4 rings (SSSR count). The van der Waals surface area contributed by atoms with Gasteiger partial charge in [-0.2, -0.15) is 0 Å². The maximum atomic E-state index is 12.3. The molecule has 0 spiro atoms. The standard InChI is InChI=1S/C23H26N4O3S/c1-17-8-5-6-12-20(17)30-15-21-25-26-23(27(21)18-9-3-2-4-10-18)31-16-22(28)24-14-19-11-7-13-29-19/h2-6,8-10,12,19H,7,11,13-16H2,1H3,(H,24,28). The van der Waals surface area contributed by atoms with Crippen LogP contribution in [0.15, 0.2) is 59.8 Å². The first kappa shape index (κ1) is 21.4. The normalized spacial score (nSPS) is 15.7. The molecule has 1 unspecified atom stereocenters. The van der Waals surface area contributed by atoms with E-state index in [1.807, 2.05) is 66.1 Å². The summed E-state index contributed by atoms with van der Waals surface area (Å²) in [5.74, 6) is 1.71. The fourth-order valence-corrected chi connectivity index (χ4v) is 4.20. The van der Waals surface area contributed by atoms with Crippen molar-refractivity contribution in [2.75, 3.05) is 18.9 Å². The lowest BCUT2D eigenvalue weighted by molar-refractivity contribution is -0.119. The molecular formula is C23H26N4O3S. The van der Waals surface area contributed by atoms with Gasteiger partial charge in [0.25, 0.3) is 0 Å². The van der Waals surface area contributed by atoms with Crippen molar-refractivity contribution in [3.8, 4) is 11.4 Å². The van der Waals surface area contributed by atoms with E-state index in [-0.39, 0.29) is 24.4 Å². The molecule has 1 fully saturated rings. The van der Waals surface area contributed by atoms with E-state index < -0.39 is 0 Å². The second-order valence-corrected chi connectivity index (χ2v) is 8.29. The van der Waals surface area contributed by atoms with Gasteiger partial charge >= 0.3 is 0 Å². The van der Waals surface area contributed by atoms with E-state index in [2.05, 4.69) is 15.5 Å². The number of nitrogens with one attached hydrogen (secondary N) is 1. The second kappa shape index (κ2) is 10.5. The first-order valence-corrected chi connectivity index (χ1v) is 11.4. The van der Waals surface area contributed by atoms with Crippen LogP contribution in [0.4, 0.5) is 0 Å². The van der Waals surface area contributed by atoms with Crippen LogP contribution in [-0.4, -0.2) is 45.7 Å². The van der Waals surface area contributed by atoms with Crippen LogP contribution in [0.2, 0.25) is 0 Å². The van der Waals surface area contributed by atoms with Gasteiger partial charge in [-0.15, -0.1) is 10.2 Å². The molecule has 2 heterocycles. The van der Waals surface area contributed by atoms with Crippen molar-refractivity contribution in [3.63, 3.8) is 0 Å². The highest BCUT2D eigenvalue weighted by atomic mass is 32.2. The van der Waals surface area contributed by atoms with Crippen molar-refractivity contribution in [3.05, 3.63) is 66.0 Å². The second-order valence-electron chi connectivity index (χ2n) is 7.35. The molecule has 7 nitrogen and oxygen atoms in total. The van der Waals surface area contributed by atoms with E-state index in [1.54, 1.807) is 0 Å². The van der Waals surface area contributed by atoms with Crippen molar-refractivity contribution in [1.82, 2.24) is 20.1 Å². The van der Waals surface area contributed by atoms with Gasteiger partial charge in [-0.05, 0) is 43.5 Å². The number of rotatable bonds is 9. The lowest BCUT2D eigenvalue weighted by Crippen LogP contribution is -2.32. The lowest BCUT2D eigenvalue weighted by atomic mass is 10.2. The Labute approximate surface area is 186 Å². The number of hydrogen-bond acceptors (Lipinski definition) is 6. The molecule has 162 valence electrons. The van der Waals surface area contributed by atoms with Gasteiger partial charge in [0.05, 0.1) is 11.9 Å². The largest absolute Gasteiger partial charge is 0.485 e. The smallest absolute Gasteiger partial charge is 0.230 e. The van der Waals surface area contributed by atoms with Gasteiger partial charge in [0.2, 0.25) is 5.91 Å². The highest BCUT2D eigenvalue weighted by Gasteiger charge is 2.19. The predicted molar refractivity (Wildman–Crippen MR) is 120 cm³/mol. The van der Waals surface area contributed by atoms with Gasteiger partial charge in [-0.1, -0.05) is 48.2 Å². The van der Waals surface area contributed by atoms with Crippen LogP contribution >= 0.6 is 11.8 Å². The van der Waals surface area contributed by atoms with E-state index in [0.717, 1.165) is 36.4 Å². The number of aryl methyl sites for hydroxylation is 1. The topological polar surface area (TPSA) is 78.3 Å². The van der Waals surface area contributed by atoms with Gasteiger partial charge in [-0.3, -0.25) is 9.36 Å². The number of amides is 1. The summed E-state index contributed by atoms with van der Waals surface area (Å²) in [6.07, 6.45) is 2.19. The molecule has 0 radical (unpaired) electrons. The number of carbonyl (C=O) groups is 1. The fraction of sp³-hybridized carbons (Fsp3) is 0.348. The zero-order valence-electron chi connectivity index (χ0n) is 17.5. The molecule has 1 amide bonds. The van der Waals surface area contributed by atoms with Crippen molar-refractivity contribution in [1.29, 1.82) is 0 Å². The molecule has 0 saturated carbocycles. The average molecular weight is 439 g/mol. The molecule has 0 bridgehead atoms. The summed E-state index contributed by atoms with van der Waals surface area (Å²) >= 11 is 1.36. The minimum Gasteiger partial charge on any atom is -0.485 e. The predicted octanol–water partition coefficient (Wildman–Crippen LogP) is 3.54. The molecular weight excluding hydrogens is 412 g/mol. The number of benzene rings is 2. The van der Waals surface area contributed by atoms with Crippen LogP contribution in [0, 0.1) is 6.92 Å². The molecule has 3 aromatic rings. The third kappa shape index (κ3) is 5.65. The molecule has 0 aliphatic carbocycles. The lowest BCUT2D eigenvalue weighted by Gasteiger charge is -2.13. The van der Waals surface area contributed by atoms with Crippen molar-refractivity contribution < 1.29 is 14.3 Å². The van der Waals surface area contributed by atoms with Crippen LogP contribution in [0.3, 0.4) is 0 Å². The Bertz CT molecular complexity index is 1000. The van der Waals surface area contributed by atoms with E-state index in [9.17, 15) is 4.79 Å². The summed E-state index contributed by atoms with van der Waals surface area (Å²) in [6, 6.07) is 17.7. The quantitative estimate of drug-likeness (QED) is 0.515. The molecule has 1 aliphatic heterocycles. The number of hydrogen-bond donors (Lipinski definition) is 1. The minimum atomic E-state index is -0.0409. The number of nitrogens with zero attached hydrogens (tertiary/aromatic N) is 3. The minimum absolute atomic E-state index is 0.0409. The van der Waals surface area contributed by atoms with Crippen LogP contribution in [0.25, 0.3) is 5.69 Å². The molecule has 1 atom stereocenters. The molecule has 1 N–H and O–H groups in total. The number of para-hydroxylation sites is 2. The van der Waals surface area contributed by atoms with Crippen molar-refractivity contribution in [2.45, 2.75) is 37.6 Å². The number of ether oxygens (including phenoxy) is 2. The maximum Gasteiger partial charge on any atom is 0.230 e. The van der Waals surface area contributed by atoms with Gasteiger partial charge in [0, 0.05) is 18.8 Å². The van der Waals surface area contributed by atoms with Gasteiger partial charge in [0.1, 0.15) is 12.4 Å². The summed E-state index contributed by atoms with van der Waals surface area (Å²) < 4.78 is 13.5. The van der Waals surface area contributed by atoms with Gasteiger partial charge in [-0.25, -0.2) is 0 Å². The third-order valence-electron chi connectivity index (χ3n) is 5.05. The monoisotopic (exact) mass is 438 g/mol. The van der Waals surface area contributed by atoms with Gasteiger partial charge < -0.3 is 14.8 Å². The SMILES string of the molecule is Cc1ccccc1OCc1nnc(SCC(=O)NCC2CCCO2)n1-c1ccccc1. The molecule has 1 aliphatic rings. The molecule has 8 heteroatoms. The number of carbonyl (C=O) groups excluding carboxylic acids is 1. The average Bonchev–Trinajstić information content (AvgIpc) is 3.46. The van der Waals surface area contributed by atoms with E-state index in [4.69, 9.17) is 9.47 Å². The Morgan fingerprint density at radius 1 is 1.19 bits per heavy atom. The molecule has 31 heavy (non-hydrogen) atoms. The highest BCUT2D eigenvalue weighted by Crippen LogP contribution is 2.24. The zero-order valence-corrected chi connectivity index (χ0v) is 18.3. The Morgan fingerprint density at radius 2 is 2.00 bits per heavy atom. The maximum absolute atomic E-state index is 12.3. The van der Waals surface area contributed by atoms with Crippen LogP contribution < -0.4 is 10.1 Å². The zero-order chi connectivity index (χ0) is 21.5. The number of thioether (sulfide) groups is 1. The van der Waals surface area contributed by atoms with E-state index in [0.29, 0.717) is 17.5 Å². The van der Waals surface area contributed by atoms with E-state index >= 15 is 0 Å². The summed E-state index contributed by atoms with van der Waals surface area (Å²) in [5, 5.41) is 12.3. The Hall–Kier alpha value is -2.84. The van der Waals surface area contributed by atoms with Crippen LogP contribution in [-0.2, 0) is 16.1 Å². The highest BCUT2D eigenvalue weighted by molar-refractivity contribution is 7.99. The summed E-state index contributed by atoms with van der Waals surface area (Å²) in [6.45, 7) is 3.62. The first-order chi connectivity index (χ1) is 15.2. The number of aromatic nitrogens is 3. The Balaban J connectivity index is 1.44. The van der Waals surface area contributed by atoms with E-state index in [1.165, 1.54) is 11.8 Å². The van der Waals surface area contributed by atoms with Crippen LogP contribution in [0.5, 0.6) is 5.75 Å². The molecule has 2 aromatic carbocycles. The summed E-state index contributed by atoms with van der Waals surface area (Å²) in [7, 11) is 0. The van der Waals surface area contributed by atoms with Crippen LogP contribution in [0.1, 0.15) is 24.2 Å². The van der Waals surface area contributed by atoms with Gasteiger partial charge in [0.15, 0.2) is 11.0 Å². The summed E-state index contributed by atoms with van der Waals surface area (Å²) in [5.41, 5.74) is 1.99. The van der Waals surface area contributed by atoms with Crippen molar-refractivity contribution >= 4 is 17.7 Å². The Morgan fingerprint density at radius 3 is 2.77 bits per heavy atom. The Kier molecular flexibility index (Phi) is 7.22.